The maximum atomic E-state index is 10.9. The molecule has 0 aliphatic rings. The molecule has 0 atom stereocenters. The van der Waals surface area contributed by atoms with Crippen molar-refractivity contribution in [2.24, 2.45) is 5.73 Å². The molecule has 4 heteroatoms. The van der Waals surface area contributed by atoms with E-state index in [-0.39, 0.29) is 0 Å². The van der Waals surface area contributed by atoms with E-state index in [1.165, 1.54) is 6.20 Å². The number of hydrogen-bond donors (Lipinski definition) is 2. The highest BCUT2D eigenvalue weighted by Gasteiger charge is 2.06. The van der Waals surface area contributed by atoms with E-state index in [2.05, 4.69) is 16.0 Å². The minimum absolute atomic E-state index is 0.446. The number of hydrogen-bond acceptors (Lipinski definition) is 2. The van der Waals surface area contributed by atoms with E-state index < -0.39 is 5.91 Å². The molecule has 2 rings (SSSR count). The number of carbonyl (C=O) groups excluding carboxylic acids is 1. The third-order valence-corrected chi connectivity index (χ3v) is 1.64. The van der Waals surface area contributed by atoms with Crippen molar-refractivity contribution < 1.29 is 4.79 Å². The van der Waals surface area contributed by atoms with Gasteiger partial charge in [-0.05, 0) is 6.07 Å². The van der Waals surface area contributed by atoms with E-state index in [0.29, 0.717) is 16.6 Å². The predicted octanol–water partition coefficient (Wildman–Crippen LogP) is 0.462. The van der Waals surface area contributed by atoms with Gasteiger partial charge in [0, 0.05) is 23.8 Å². The molecule has 0 bridgehead atoms. The number of rotatable bonds is 1. The Hall–Kier alpha value is -1.84. The second-order valence-electron chi connectivity index (χ2n) is 2.38. The van der Waals surface area contributed by atoms with Crippen LogP contribution in [0.4, 0.5) is 0 Å². The van der Waals surface area contributed by atoms with Gasteiger partial charge < -0.3 is 10.7 Å². The first-order valence-electron chi connectivity index (χ1n) is 3.42. The van der Waals surface area contributed by atoms with Gasteiger partial charge in [-0.15, -0.1) is 0 Å². The Labute approximate surface area is 68.4 Å². The molecule has 2 aromatic rings. The zero-order chi connectivity index (χ0) is 8.55. The van der Waals surface area contributed by atoms with Gasteiger partial charge in [-0.3, -0.25) is 4.79 Å². The molecule has 0 aromatic carbocycles. The number of nitrogens with two attached hydrogens (primary N) is 1. The van der Waals surface area contributed by atoms with Crippen LogP contribution in [0.1, 0.15) is 10.4 Å². The molecule has 12 heavy (non-hydrogen) atoms. The molecule has 1 amide bonds. The van der Waals surface area contributed by atoms with Crippen LogP contribution >= 0.6 is 0 Å². The lowest BCUT2D eigenvalue weighted by atomic mass is 10.2. The lowest BCUT2D eigenvalue weighted by molar-refractivity contribution is 0.100. The smallest absolute Gasteiger partial charge is 0.249 e. The number of aromatic nitrogens is 2. The molecule has 0 aliphatic heterocycles. The summed E-state index contributed by atoms with van der Waals surface area (Å²) in [5.41, 5.74) is 6.21. The third kappa shape index (κ3) is 0.852. The number of pyridine rings is 1. The molecule has 1 radical (unpaired) electrons. The maximum absolute atomic E-state index is 10.9. The number of nitrogens with zero attached hydrogens (tertiary/aromatic N) is 1. The van der Waals surface area contributed by atoms with E-state index in [4.69, 9.17) is 5.73 Å². The van der Waals surface area contributed by atoms with Crippen LogP contribution in [-0.2, 0) is 0 Å². The summed E-state index contributed by atoms with van der Waals surface area (Å²) in [6.07, 6.45) is 3.14. The molecule has 4 nitrogen and oxygen atoms in total. The monoisotopic (exact) mass is 160 g/mol. The Morgan fingerprint density at radius 2 is 2.50 bits per heavy atom. The highest BCUT2D eigenvalue weighted by atomic mass is 16.1. The summed E-state index contributed by atoms with van der Waals surface area (Å²) >= 11 is 0. The SMILES string of the molecule is NC(=O)c1ccnc2[nH]c[c]c12. The summed E-state index contributed by atoms with van der Waals surface area (Å²) in [7, 11) is 0. The summed E-state index contributed by atoms with van der Waals surface area (Å²) in [4.78, 5) is 17.7. The molecule has 0 saturated heterocycles. The van der Waals surface area contributed by atoms with Crippen LogP contribution in [0.3, 0.4) is 0 Å². The first-order chi connectivity index (χ1) is 5.79. The van der Waals surface area contributed by atoms with Gasteiger partial charge in [0.2, 0.25) is 5.91 Å². The fourth-order valence-corrected chi connectivity index (χ4v) is 1.10. The fourth-order valence-electron chi connectivity index (χ4n) is 1.10. The molecule has 0 spiro atoms. The van der Waals surface area contributed by atoms with Crippen LogP contribution < -0.4 is 5.73 Å². The van der Waals surface area contributed by atoms with Crippen LogP contribution in [0, 0.1) is 6.07 Å². The van der Waals surface area contributed by atoms with Gasteiger partial charge in [-0.2, -0.15) is 0 Å². The van der Waals surface area contributed by atoms with E-state index in [0.717, 1.165) is 0 Å². The zero-order valence-corrected chi connectivity index (χ0v) is 6.16. The van der Waals surface area contributed by atoms with Crippen LogP contribution in [-0.4, -0.2) is 15.9 Å². The molecule has 59 valence electrons. The highest BCUT2D eigenvalue weighted by molar-refractivity contribution is 6.04. The Morgan fingerprint density at radius 3 is 3.25 bits per heavy atom. The van der Waals surface area contributed by atoms with Crippen LogP contribution in [0.25, 0.3) is 11.0 Å². The number of nitrogens with one attached hydrogen (secondary N) is 1. The van der Waals surface area contributed by atoms with E-state index in [1.54, 1.807) is 12.3 Å². The quantitative estimate of drug-likeness (QED) is 0.636. The van der Waals surface area contributed by atoms with Gasteiger partial charge in [0.05, 0.1) is 5.56 Å². The van der Waals surface area contributed by atoms with Gasteiger partial charge >= 0.3 is 0 Å². The van der Waals surface area contributed by atoms with Gasteiger partial charge in [0.1, 0.15) is 5.65 Å². The standard InChI is InChI=1S/C8H6N3O/c9-7(12)5-1-3-10-8-6(5)2-4-11-8/h1,3-4H,(H2,9,12)(H,10,11). The second kappa shape index (κ2) is 2.34. The van der Waals surface area contributed by atoms with Gasteiger partial charge in [0.25, 0.3) is 0 Å². The van der Waals surface area contributed by atoms with Crippen molar-refractivity contribution >= 4 is 16.9 Å². The zero-order valence-electron chi connectivity index (χ0n) is 6.16. The number of carbonyl (C=O) groups is 1. The van der Waals surface area contributed by atoms with Crippen molar-refractivity contribution in [3.8, 4) is 0 Å². The van der Waals surface area contributed by atoms with Crippen molar-refractivity contribution in [2.75, 3.05) is 0 Å². The number of primary amides is 1. The molecule has 2 aromatic heterocycles. The normalized spacial score (nSPS) is 10.3. The largest absolute Gasteiger partial charge is 0.366 e. The molecular formula is C8H6N3O. The molecule has 2 heterocycles. The first kappa shape index (κ1) is 6.84. The summed E-state index contributed by atoms with van der Waals surface area (Å²) in [5, 5.41) is 0.644. The average molecular weight is 160 g/mol. The summed E-state index contributed by atoms with van der Waals surface area (Å²) in [6, 6.07) is 4.43. The van der Waals surface area contributed by atoms with Crippen molar-refractivity contribution in [3.63, 3.8) is 0 Å². The predicted molar refractivity (Wildman–Crippen MR) is 43.4 cm³/mol. The van der Waals surface area contributed by atoms with Crippen molar-refractivity contribution in [1.29, 1.82) is 0 Å². The minimum atomic E-state index is -0.460. The van der Waals surface area contributed by atoms with Crippen molar-refractivity contribution in [2.45, 2.75) is 0 Å². The second-order valence-corrected chi connectivity index (χ2v) is 2.38. The topological polar surface area (TPSA) is 71.8 Å². The van der Waals surface area contributed by atoms with Crippen molar-refractivity contribution in [1.82, 2.24) is 9.97 Å². The van der Waals surface area contributed by atoms with Crippen LogP contribution in [0.5, 0.6) is 0 Å². The molecule has 0 saturated carbocycles. The average Bonchev–Trinajstić information content (AvgIpc) is 2.49. The summed E-state index contributed by atoms with van der Waals surface area (Å²) in [6.45, 7) is 0. The molecule has 0 unspecified atom stereocenters. The lowest BCUT2D eigenvalue weighted by Crippen LogP contribution is -2.11. The van der Waals surface area contributed by atoms with Gasteiger partial charge in [-0.1, -0.05) is 0 Å². The van der Waals surface area contributed by atoms with Gasteiger partial charge in [-0.25, -0.2) is 4.98 Å². The van der Waals surface area contributed by atoms with Crippen LogP contribution in [0.2, 0.25) is 0 Å². The Bertz CT molecular complexity index is 433. The number of amides is 1. The number of aromatic amines is 1. The number of H-pyrrole nitrogens is 1. The lowest BCUT2D eigenvalue weighted by Gasteiger charge is -1.94. The Balaban J connectivity index is 2.82. The van der Waals surface area contributed by atoms with E-state index in [1.807, 2.05) is 0 Å². The summed E-state index contributed by atoms with van der Waals surface area (Å²) < 4.78 is 0. The Kier molecular flexibility index (Phi) is 1.33. The first-order valence-corrected chi connectivity index (χ1v) is 3.42. The molecule has 0 aliphatic carbocycles. The molecular weight excluding hydrogens is 154 g/mol. The van der Waals surface area contributed by atoms with E-state index >= 15 is 0 Å². The van der Waals surface area contributed by atoms with Crippen molar-refractivity contribution in [3.05, 3.63) is 30.1 Å². The summed E-state index contributed by atoms with van der Waals surface area (Å²) in [5.74, 6) is -0.460. The Morgan fingerprint density at radius 1 is 1.67 bits per heavy atom. The van der Waals surface area contributed by atoms with Crippen LogP contribution in [0.15, 0.2) is 18.5 Å². The minimum Gasteiger partial charge on any atom is -0.366 e. The fraction of sp³-hybridized carbons (Fsp3) is 0. The van der Waals surface area contributed by atoms with E-state index in [9.17, 15) is 4.79 Å². The third-order valence-electron chi connectivity index (χ3n) is 1.64. The highest BCUT2D eigenvalue weighted by Crippen LogP contribution is 2.12. The molecule has 0 fully saturated rings. The van der Waals surface area contributed by atoms with Gasteiger partial charge in [0.15, 0.2) is 0 Å². The molecule has 3 N–H and O–H groups in total. The number of fused-ring (bicyclic) bond motifs is 1. The maximum Gasteiger partial charge on any atom is 0.249 e.